The van der Waals surface area contributed by atoms with Gasteiger partial charge in [-0.1, -0.05) is 19.7 Å². The first-order chi connectivity index (χ1) is 3.27. The van der Waals surface area contributed by atoms with Crippen LogP contribution in [-0.4, -0.2) is 21.4 Å². The van der Waals surface area contributed by atoms with Crippen molar-refractivity contribution in [2.24, 2.45) is 0 Å². The summed E-state index contributed by atoms with van der Waals surface area (Å²) < 4.78 is 0. The van der Waals surface area contributed by atoms with E-state index in [1.807, 2.05) is 6.82 Å². The Labute approximate surface area is 48.8 Å². The van der Waals surface area contributed by atoms with Gasteiger partial charge in [0.15, 0.2) is 0 Å². The zero-order valence-corrected chi connectivity index (χ0v) is 5.15. The molecule has 0 heterocycles. The van der Waals surface area contributed by atoms with Crippen molar-refractivity contribution in [3.63, 3.8) is 0 Å². The summed E-state index contributed by atoms with van der Waals surface area (Å²) in [6.07, 6.45) is 2.36. The van der Waals surface area contributed by atoms with Crippen LogP contribution in [0.5, 0.6) is 0 Å². The van der Waals surface area contributed by atoms with Crippen molar-refractivity contribution in [2.75, 3.05) is 0 Å². The van der Waals surface area contributed by atoms with Crippen molar-refractivity contribution in [1.29, 1.82) is 0 Å². The van der Waals surface area contributed by atoms with Gasteiger partial charge >= 0.3 is 0 Å². The maximum Gasteiger partial charge on any atom is 0.0640 e. The van der Waals surface area contributed by atoms with E-state index in [9.17, 15) is 0 Å². The topological polar surface area (TPSA) is 0 Å². The first-order valence-electron chi connectivity index (χ1n) is 2.86. The lowest BCUT2D eigenvalue weighted by Crippen LogP contribution is -2.16. The number of hydrogen-bond acceptors (Lipinski definition) is 0. The molecule has 0 aromatic carbocycles. The molecule has 0 unspecified atom stereocenters. The summed E-state index contributed by atoms with van der Waals surface area (Å²) in [5.74, 6) is 0. The van der Waals surface area contributed by atoms with Gasteiger partial charge in [0.1, 0.15) is 0 Å². The van der Waals surface area contributed by atoms with Crippen LogP contribution >= 0.6 is 0 Å². The highest BCUT2D eigenvalue weighted by Gasteiger charge is 1.94. The Morgan fingerprint density at radius 2 is 2.29 bits per heavy atom. The quantitative estimate of drug-likeness (QED) is 0.450. The highest BCUT2D eigenvalue weighted by Crippen LogP contribution is 1.85. The highest BCUT2D eigenvalue weighted by molar-refractivity contribution is 7.34. The van der Waals surface area contributed by atoms with Gasteiger partial charge in [-0.05, 0) is 0 Å². The van der Waals surface area contributed by atoms with Gasteiger partial charge in [0.05, 0.1) is 13.7 Å². The van der Waals surface area contributed by atoms with E-state index in [0.29, 0.717) is 0 Å². The molecule has 0 amide bonds. The zero-order valence-electron chi connectivity index (χ0n) is 5.15. The molecule has 0 saturated heterocycles. The third kappa shape index (κ3) is 6.19. The minimum absolute atomic E-state index is 0.278. The second-order valence-corrected chi connectivity index (χ2v) is 1.88. The first kappa shape index (κ1) is 7.19. The summed E-state index contributed by atoms with van der Waals surface area (Å²) in [5, 5.41) is 0. The Bertz CT molecular complexity index is 35.9. The summed E-state index contributed by atoms with van der Waals surface area (Å²) in [7, 11) is 7.55. The summed E-state index contributed by atoms with van der Waals surface area (Å²) in [6, 6.07) is 0. The Hall–Kier alpha value is 0.195. The van der Waals surface area contributed by atoms with E-state index in [1.54, 1.807) is 0 Å². The molecule has 0 aromatic heterocycles. The molecule has 0 spiro atoms. The third-order valence-electron chi connectivity index (χ3n) is 0.827. The van der Waals surface area contributed by atoms with Crippen LogP contribution in [0.4, 0.5) is 0 Å². The smallest absolute Gasteiger partial charge is 0.0640 e. The minimum atomic E-state index is 0.278. The standard InChI is InChI=1S/C4H10B3/c1-3-4-6-7(2)5/h3-4H2,1-2H3. The SMILES string of the molecule is [B]B(C)[B]CCC. The predicted octanol–water partition coefficient (Wildman–Crippen LogP) is 0.805. The van der Waals surface area contributed by atoms with Crippen molar-refractivity contribution in [3.05, 3.63) is 0 Å². The Kier molecular flexibility index (Phi) is 4.48. The van der Waals surface area contributed by atoms with E-state index in [2.05, 4.69) is 14.1 Å². The molecule has 3 radical (unpaired) electrons. The van der Waals surface area contributed by atoms with Crippen molar-refractivity contribution in [3.8, 4) is 0 Å². The van der Waals surface area contributed by atoms with Crippen molar-refractivity contribution < 1.29 is 0 Å². The molecule has 0 aromatic rings. The molecular formula is C4H10B3. The van der Waals surface area contributed by atoms with Crippen LogP contribution in [0.2, 0.25) is 13.1 Å². The molecule has 0 saturated carbocycles. The number of rotatable bonds is 3. The Balaban J connectivity index is 2.68. The lowest BCUT2D eigenvalue weighted by atomic mass is 9.11. The van der Waals surface area contributed by atoms with Gasteiger partial charge < -0.3 is 0 Å². The summed E-state index contributed by atoms with van der Waals surface area (Å²) in [5.41, 5.74) is 0. The Morgan fingerprint density at radius 3 is 2.43 bits per heavy atom. The lowest BCUT2D eigenvalue weighted by Gasteiger charge is -1.93. The molecule has 35 valence electrons. The molecule has 0 nitrogen and oxygen atoms in total. The summed E-state index contributed by atoms with van der Waals surface area (Å²) >= 11 is 0. The molecule has 0 bridgehead atoms. The minimum Gasteiger partial charge on any atom is -0.101 e. The van der Waals surface area contributed by atoms with Gasteiger partial charge in [-0.3, -0.25) is 0 Å². The molecule has 0 fully saturated rings. The van der Waals surface area contributed by atoms with Crippen LogP contribution in [0.25, 0.3) is 0 Å². The van der Waals surface area contributed by atoms with Crippen LogP contribution in [-0.2, 0) is 0 Å². The second-order valence-electron chi connectivity index (χ2n) is 1.88. The molecule has 0 aliphatic rings. The van der Waals surface area contributed by atoms with E-state index in [0.717, 1.165) is 6.32 Å². The van der Waals surface area contributed by atoms with E-state index in [-0.39, 0.29) is 6.49 Å². The van der Waals surface area contributed by atoms with Crippen molar-refractivity contribution in [2.45, 2.75) is 26.5 Å². The Morgan fingerprint density at radius 1 is 1.71 bits per heavy atom. The van der Waals surface area contributed by atoms with Crippen LogP contribution in [0, 0.1) is 0 Å². The van der Waals surface area contributed by atoms with Crippen molar-refractivity contribution in [1.82, 2.24) is 0 Å². The van der Waals surface area contributed by atoms with Gasteiger partial charge in [-0.2, -0.15) is 0 Å². The van der Waals surface area contributed by atoms with Crippen molar-refractivity contribution >= 4 is 21.4 Å². The molecule has 0 N–H and O–H groups in total. The molecule has 3 heteroatoms. The number of hydrogen-bond donors (Lipinski definition) is 0. The van der Waals surface area contributed by atoms with Crippen LogP contribution in [0.1, 0.15) is 13.3 Å². The molecule has 0 rings (SSSR count). The fraction of sp³-hybridized carbons (Fsp3) is 1.00. The average molecular weight is 90.6 g/mol. The largest absolute Gasteiger partial charge is 0.101 e. The van der Waals surface area contributed by atoms with Crippen LogP contribution < -0.4 is 0 Å². The fourth-order valence-corrected chi connectivity index (χ4v) is 0.430. The van der Waals surface area contributed by atoms with E-state index >= 15 is 0 Å². The highest BCUT2D eigenvalue weighted by atomic mass is 13.6. The van der Waals surface area contributed by atoms with Gasteiger partial charge in [-0.15, -0.1) is 6.82 Å². The summed E-state index contributed by atoms with van der Waals surface area (Å²) in [4.78, 5) is 0. The molecule has 0 aliphatic carbocycles. The van der Waals surface area contributed by atoms with Gasteiger partial charge in [0.2, 0.25) is 0 Å². The lowest BCUT2D eigenvalue weighted by molar-refractivity contribution is 1.08. The van der Waals surface area contributed by atoms with Gasteiger partial charge in [-0.25, -0.2) is 0 Å². The maximum absolute atomic E-state index is 5.42. The van der Waals surface area contributed by atoms with Crippen LogP contribution in [0.15, 0.2) is 0 Å². The molecule has 0 atom stereocenters. The molecular weight excluding hydrogens is 80.5 g/mol. The average Bonchev–Trinajstić information content (AvgIpc) is 1.61. The van der Waals surface area contributed by atoms with E-state index < -0.39 is 0 Å². The van der Waals surface area contributed by atoms with E-state index in [1.165, 1.54) is 6.42 Å². The molecule has 7 heavy (non-hydrogen) atoms. The zero-order chi connectivity index (χ0) is 5.70. The van der Waals surface area contributed by atoms with Gasteiger partial charge in [0, 0.05) is 7.74 Å². The summed E-state index contributed by atoms with van der Waals surface area (Å²) in [6.45, 7) is 4.43. The predicted molar refractivity (Wildman–Crippen MR) is 38.2 cm³/mol. The fourth-order valence-electron chi connectivity index (χ4n) is 0.430. The second kappa shape index (κ2) is 4.36. The third-order valence-corrected chi connectivity index (χ3v) is 0.827. The van der Waals surface area contributed by atoms with Crippen LogP contribution in [0.3, 0.4) is 0 Å². The van der Waals surface area contributed by atoms with E-state index in [4.69, 9.17) is 7.74 Å². The monoisotopic (exact) mass is 91.1 g/mol. The first-order valence-corrected chi connectivity index (χ1v) is 2.86. The normalized spacial score (nSPS) is 8.29. The molecule has 0 aliphatic heterocycles. The maximum atomic E-state index is 5.42. The van der Waals surface area contributed by atoms with Gasteiger partial charge in [0.25, 0.3) is 0 Å².